The molecule has 0 amide bonds. The molecule has 0 aromatic carbocycles. The molecule has 3 heterocycles. The van der Waals surface area contributed by atoms with Gasteiger partial charge in [-0.1, -0.05) is 18.0 Å². The molecule has 16 heavy (non-hydrogen) atoms. The number of fused-ring (bicyclic) bond motifs is 1. The van der Waals surface area contributed by atoms with Gasteiger partial charge in [-0.2, -0.15) is 0 Å². The number of hydrogen-bond donors (Lipinski definition) is 1. The lowest BCUT2D eigenvalue weighted by Gasteiger charge is -2.37. The molecule has 2 nitrogen and oxygen atoms in total. The van der Waals surface area contributed by atoms with Gasteiger partial charge in [-0.3, -0.25) is 4.90 Å². The summed E-state index contributed by atoms with van der Waals surface area (Å²) in [7, 11) is 0. The molecule has 3 rings (SSSR count). The van der Waals surface area contributed by atoms with E-state index in [2.05, 4.69) is 4.90 Å². The third-order valence-corrected chi connectivity index (χ3v) is 5.46. The fraction of sp³-hybridized carbons (Fsp3) is 0.667. The number of nitrogens with zero attached hydrogens (tertiary/aromatic N) is 1. The molecule has 88 valence electrons. The molecule has 2 fully saturated rings. The zero-order chi connectivity index (χ0) is 11.2. The average molecular weight is 258 g/mol. The largest absolute Gasteiger partial charge is 0.383 e. The zero-order valence-corrected chi connectivity index (χ0v) is 10.7. The van der Waals surface area contributed by atoms with E-state index in [9.17, 15) is 5.11 Å². The Kier molecular flexibility index (Phi) is 2.75. The predicted octanol–water partition coefficient (Wildman–Crippen LogP) is 2.85. The van der Waals surface area contributed by atoms with Gasteiger partial charge in [-0.25, -0.2) is 0 Å². The summed E-state index contributed by atoms with van der Waals surface area (Å²) in [5.74, 6) is 0. The van der Waals surface area contributed by atoms with E-state index in [4.69, 9.17) is 11.6 Å². The molecular formula is C12H16ClNOS. The van der Waals surface area contributed by atoms with Gasteiger partial charge < -0.3 is 5.11 Å². The number of thiophene rings is 1. The van der Waals surface area contributed by atoms with E-state index in [0.29, 0.717) is 0 Å². The lowest BCUT2D eigenvalue weighted by molar-refractivity contribution is -0.0107. The van der Waals surface area contributed by atoms with Crippen LogP contribution in [0.1, 0.15) is 30.6 Å². The first-order valence-corrected chi connectivity index (χ1v) is 7.17. The van der Waals surface area contributed by atoms with Gasteiger partial charge in [-0.15, -0.1) is 11.3 Å². The average Bonchev–Trinajstić information content (AvgIpc) is 2.86. The van der Waals surface area contributed by atoms with Crippen LogP contribution in [0.4, 0.5) is 0 Å². The van der Waals surface area contributed by atoms with E-state index >= 15 is 0 Å². The normalized spacial score (nSPS) is 35.2. The van der Waals surface area contributed by atoms with Gasteiger partial charge >= 0.3 is 0 Å². The summed E-state index contributed by atoms with van der Waals surface area (Å²) in [5, 5.41) is 13.6. The first-order chi connectivity index (χ1) is 7.72. The van der Waals surface area contributed by atoms with Crippen molar-refractivity contribution in [1.82, 2.24) is 4.90 Å². The smallest absolute Gasteiger partial charge is 0.117 e. The van der Waals surface area contributed by atoms with E-state index in [1.165, 1.54) is 12.8 Å². The highest BCUT2D eigenvalue weighted by atomic mass is 35.5. The summed E-state index contributed by atoms with van der Waals surface area (Å²) in [4.78, 5) is 3.41. The number of aliphatic hydroxyl groups is 1. The van der Waals surface area contributed by atoms with Crippen LogP contribution in [0.5, 0.6) is 0 Å². The first-order valence-electron chi connectivity index (χ1n) is 5.92. The van der Waals surface area contributed by atoms with Gasteiger partial charge in [0.25, 0.3) is 0 Å². The maximum atomic E-state index is 10.9. The van der Waals surface area contributed by atoms with E-state index in [1.54, 1.807) is 11.3 Å². The van der Waals surface area contributed by atoms with E-state index in [0.717, 1.165) is 35.8 Å². The maximum Gasteiger partial charge on any atom is 0.117 e. The van der Waals surface area contributed by atoms with Gasteiger partial charge in [0.2, 0.25) is 0 Å². The van der Waals surface area contributed by atoms with E-state index in [-0.39, 0.29) is 6.04 Å². The summed E-state index contributed by atoms with van der Waals surface area (Å²) >= 11 is 7.77. The molecule has 2 atom stereocenters. The third-order valence-electron chi connectivity index (χ3n) is 3.96. The van der Waals surface area contributed by atoms with Crippen molar-refractivity contribution in [3.63, 3.8) is 0 Å². The first kappa shape index (κ1) is 11.0. The van der Waals surface area contributed by atoms with Gasteiger partial charge in [0.15, 0.2) is 0 Å². The number of halogens is 1. The molecule has 0 saturated carbocycles. The second kappa shape index (κ2) is 3.98. The standard InChI is InChI=1S/C12H16ClNOS/c13-9-4-8-16-11(9)12(15)5-7-14-6-2-1-3-10(12)14/h4,8,10,15H,1-3,5-7H2. The van der Waals surface area contributed by atoms with Gasteiger partial charge in [0.1, 0.15) is 5.60 Å². The summed E-state index contributed by atoms with van der Waals surface area (Å²) in [6, 6.07) is 2.18. The number of hydrogen-bond acceptors (Lipinski definition) is 3. The van der Waals surface area contributed by atoms with Crippen molar-refractivity contribution in [3.05, 3.63) is 21.3 Å². The van der Waals surface area contributed by atoms with Crippen molar-refractivity contribution in [2.45, 2.75) is 37.3 Å². The van der Waals surface area contributed by atoms with Crippen LogP contribution in [0, 0.1) is 0 Å². The van der Waals surface area contributed by atoms with Crippen molar-refractivity contribution >= 4 is 22.9 Å². The Morgan fingerprint density at radius 1 is 1.44 bits per heavy atom. The minimum Gasteiger partial charge on any atom is -0.383 e. The monoisotopic (exact) mass is 257 g/mol. The maximum absolute atomic E-state index is 10.9. The molecular weight excluding hydrogens is 242 g/mol. The van der Waals surface area contributed by atoms with Crippen LogP contribution in [-0.4, -0.2) is 29.1 Å². The van der Waals surface area contributed by atoms with Gasteiger partial charge in [0.05, 0.1) is 9.90 Å². The fourth-order valence-electron chi connectivity index (χ4n) is 3.15. The summed E-state index contributed by atoms with van der Waals surface area (Å²) in [5.41, 5.74) is -0.689. The van der Waals surface area contributed by atoms with Crippen molar-refractivity contribution in [3.8, 4) is 0 Å². The highest BCUT2D eigenvalue weighted by Gasteiger charge is 2.49. The molecule has 1 aromatic rings. The van der Waals surface area contributed by atoms with Crippen molar-refractivity contribution in [1.29, 1.82) is 0 Å². The Bertz CT molecular complexity index is 394. The van der Waals surface area contributed by atoms with Crippen LogP contribution < -0.4 is 0 Å². The second-order valence-corrected chi connectivity index (χ2v) is 6.14. The molecule has 1 N–H and O–H groups in total. The van der Waals surface area contributed by atoms with E-state index < -0.39 is 5.60 Å². The Hall–Kier alpha value is -0.0900. The van der Waals surface area contributed by atoms with Gasteiger partial charge in [0, 0.05) is 12.6 Å². The molecule has 4 heteroatoms. The minimum absolute atomic E-state index is 0.289. The van der Waals surface area contributed by atoms with E-state index in [1.807, 2.05) is 11.4 Å². The highest BCUT2D eigenvalue weighted by Crippen LogP contribution is 2.46. The Morgan fingerprint density at radius 2 is 2.31 bits per heavy atom. The molecule has 0 aliphatic carbocycles. The fourth-order valence-corrected chi connectivity index (χ4v) is 4.55. The second-order valence-electron chi connectivity index (χ2n) is 4.82. The quantitative estimate of drug-likeness (QED) is 0.836. The van der Waals surface area contributed by atoms with Crippen molar-refractivity contribution in [2.24, 2.45) is 0 Å². The Morgan fingerprint density at radius 3 is 3.06 bits per heavy atom. The summed E-state index contributed by atoms with van der Waals surface area (Å²) in [6.07, 6.45) is 4.43. The van der Waals surface area contributed by atoms with Crippen LogP contribution in [-0.2, 0) is 5.60 Å². The van der Waals surface area contributed by atoms with Crippen LogP contribution in [0.15, 0.2) is 11.4 Å². The lowest BCUT2D eigenvalue weighted by Crippen LogP contribution is -2.44. The highest BCUT2D eigenvalue weighted by molar-refractivity contribution is 7.10. The molecule has 2 aliphatic heterocycles. The molecule has 0 spiro atoms. The van der Waals surface area contributed by atoms with Crippen molar-refractivity contribution < 1.29 is 5.11 Å². The lowest BCUT2D eigenvalue weighted by atomic mass is 9.87. The molecule has 0 bridgehead atoms. The van der Waals surface area contributed by atoms with Gasteiger partial charge in [-0.05, 0) is 37.3 Å². The van der Waals surface area contributed by atoms with Crippen molar-refractivity contribution in [2.75, 3.05) is 13.1 Å². The number of piperidine rings is 1. The Labute approximate surface area is 105 Å². The van der Waals surface area contributed by atoms with Crippen LogP contribution >= 0.6 is 22.9 Å². The predicted molar refractivity (Wildman–Crippen MR) is 67.1 cm³/mol. The van der Waals surface area contributed by atoms with Crippen LogP contribution in [0.3, 0.4) is 0 Å². The molecule has 1 aromatic heterocycles. The van der Waals surface area contributed by atoms with Crippen LogP contribution in [0.2, 0.25) is 5.02 Å². The number of rotatable bonds is 1. The molecule has 0 radical (unpaired) electrons. The Balaban J connectivity index is 1.96. The topological polar surface area (TPSA) is 23.5 Å². The third kappa shape index (κ3) is 1.53. The SMILES string of the molecule is OC1(c2sccc2Cl)CCN2CCCCC21. The minimum atomic E-state index is -0.689. The summed E-state index contributed by atoms with van der Waals surface area (Å²) < 4.78 is 0. The summed E-state index contributed by atoms with van der Waals surface area (Å²) in [6.45, 7) is 2.14. The molecule has 2 unspecified atom stereocenters. The molecule has 2 aliphatic rings. The van der Waals surface area contributed by atoms with Crippen LogP contribution in [0.25, 0.3) is 0 Å². The zero-order valence-electron chi connectivity index (χ0n) is 9.16. The molecule has 2 saturated heterocycles.